The summed E-state index contributed by atoms with van der Waals surface area (Å²) in [5.41, 5.74) is 2.52. The highest BCUT2D eigenvalue weighted by Crippen LogP contribution is 2.20. The maximum Gasteiger partial charge on any atom is 0.258 e. The van der Waals surface area contributed by atoms with E-state index in [0.717, 1.165) is 37.6 Å². The molecular formula is C23H24N4O3. The van der Waals surface area contributed by atoms with Gasteiger partial charge >= 0.3 is 0 Å². The van der Waals surface area contributed by atoms with E-state index in [0.29, 0.717) is 17.3 Å². The summed E-state index contributed by atoms with van der Waals surface area (Å²) in [5, 5.41) is 2.80. The molecule has 4 rings (SSSR count). The molecule has 7 heteroatoms. The first kappa shape index (κ1) is 19.8. The lowest BCUT2D eigenvalue weighted by Crippen LogP contribution is -2.36. The van der Waals surface area contributed by atoms with Crippen LogP contribution in [0.4, 0.5) is 11.5 Å². The average Bonchev–Trinajstić information content (AvgIpc) is 2.81. The zero-order chi connectivity index (χ0) is 20.8. The van der Waals surface area contributed by atoms with Crippen LogP contribution in [-0.4, -0.2) is 42.2 Å². The number of morpholine rings is 1. The standard InChI is InChI=1S/C23H24N4O3/c1-17(18-5-3-2-4-6-18)30-22-10-7-19(15-25-22)23(28)26-21-9-8-20(16-24-21)27-11-13-29-14-12-27/h2-10,15-17H,11-14H2,1H3,(H,24,26,28)/t17-/m1/s1. The van der Waals surface area contributed by atoms with Crippen molar-refractivity contribution in [2.45, 2.75) is 13.0 Å². The smallest absolute Gasteiger partial charge is 0.258 e. The number of ether oxygens (including phenoxy) is 2. The number of rotatable bonds is 6. The fourth-order valence-corrected chi connectivity index (χ4v) is 3.21. The van der Waals surface area contributed by atoms with Crippen LogP contribution in [-0.2, 0) is 4.74 Å². The van der Waals surface area contributed by atoms with Crippen molar-refractivity contribution in [2.75, 3.05) is 36.5 Å². The second-order valence-corrected chi connectivity index (χ2v) is 7.01. The van der Waals surface area contributed by atoms with Crippen molar-refractivity contribution in [3.8, 4) is 5.88 Å². The van der Waals surface area contributed by atoms with Crippen molar-refractivity contribution >= 4 is 17.4 Å². The molecule has 0 unspecified atom stereocenters. The van der Waals surface area contributed by atoms with Crippen LogP contribution in [0.3, 0.4) is 0 Å². The van der Waals surface area contributed by atoms with Gasteiger partial charge in [0.05, 0.1) is 30.7 Å². The third-order valence-corrected chi connectivity index (χ3v) is 4.93. The minimum atomic E-state index is -0.267. The molecule has 0 bridgehead atoms. The lowest BCUT2D eigenvalue weighted by Gasteiger charge is -2.28. The summed E-state index contributed by atoms with van der Waals surface area (Å²) in [5.74, 6) is 0.697. The summed E-state index contributed by atoms with van der Waals surface area (Å²) < 4.78 is 11.2. The van der Waals surface area contributed by atoms with Gasteiger partial charge in [0.2, 0.25) is 5.88 Å². The normalized spacial score (nSPS) is 14.8. The van der Waals surface area contributed by atoms with Crippen LogP contribution < -0.4 is 15.0 Å². The number of pyridine rings is 2. The fourth-order valence-electron chi connectivity index (χ4n) is 3.21. The zero-order valence-electron chi connectivity index (χ0n) is 16.8. The van der Waals surface area contributed by atoms with Gasteiger partial charge in [0, 0.05) is 25.4 Å². The largest absolute Gasteiger partial charge is 0.470 e. The van der Waals surface area contributed by atoms with Crippen LogP contribution in [0.25, 0.3) is 0 Å². The minimum absolute atomic E-state index is 0.132. The van der Waals surface area contributed by atoms with Crippen molar-refractivity contribution in [3.63, 3.8) is 0 Å². The van der Waals surface area contributed by atoms with Gasteiger partial charge in [-0.15, -0.1) is 0 Å². The van der Waals surface area contributed by atoms with E-state index in [4.69, 9.17) is 9.47 Å². The number of nitrogens with one attached hydrogen (secondary N) is 1. The van der Waals surface area contributed by atoms with Gasteiger partial charge in [-0.25, -0.2) is 9.97 Å². The summed E-state index contributed by atoms with van der Waals surface area (Å²) >= 11 is 0. The number of amides is 1. The Morgan fingerprint density at radius 1 is 1.03 bits per heavy atom. The van der Waals surface area contributed by atoms with Gasteiger partial charge in [-0.05, 0) is 30.7 Å². The lowest BCUT2D eigenvalue weighted by atomic mass is 10.1. The Morgan fingerprint density at radius 2 is 1.83 bits per heavy atom. The number of carbonyl (C=O) groups excluding carboxylic acids is 1. The average molecular weight is 404 g/mol. The van der Waals surface area contributed by atoms with E-state index in [1.54, 1.807) is 24.4 Å². The summed E-state index contributed by atoms with van der Waals surface area (Å²) in [6.45, 7) is 5.08. The second-order valence-electron chi connectivity index (χ2n) is 7.01. The molecule has 0 radical (unpaired) electrons. The SMILES string of the molecule is C[C@@H](Oc1ccc(C(=O)Nc2ccc(N3CCOCC3)cn2)cn1)c1ccccc1. The Kier molecular flexibility index (Phi) is 6.20. The van der Waals surface area contributed by atoms with Crippen molar-refractivity contribution in [3.05, 3.63) is 78.1 Å². The maximum absolute atomic E-state index is 12.5. The number of hydrogen-bond donors (Lipinski definition) is 1. The van der Waals surface area contributed by atoms with Crippen molar-refractivity contribution in [1.29, 1.82) is 0 Å². The first-order valence-electron chi connectivity index (χ1n) is 9.97. The van der Waals surface area contributed by atoms with E-state index in [-0.39, 0.29) is 12.0 Å². The zero-order valence-corrected chi connectivity index (χ0v) is 16.8. The van der Waals surface area contributed by atoms with Gasteiger partial charge in [-0.2, -0.15) is 0 Å². The molecule has 0 spiro atoms. The molecule has 1 aliphatic rings. The lowest BCUT2D eigenvalue weighted by molar-refractivity contribution is 0.102. The molecule has 154 valence electrons. The molecule has 1 saturated heterocycles. The van der Waals surface area contributed by atoms with Crippen molar-refractivity contribution < 1.29 is 14.3 Å². The summed E-state index contributed by atoms with van der Waals surface area (Å²) in [6, 6.07) is 17.1. The number of anilines is 2. The van der Waals surface area contributed by atoms with Gasteiger partial charge in [-0.3, -0.25) is 4.79 Å². The third-order valence-electron chi connectivity index (χ3n) is 4.93. The van der Waals surface area contributed by atoms with Crippen molar-refractivity contribution in [2.24, 2.45) is 0 Å². The van der Waals surface area contributed by atoms with Gasteiger partial charge in [0.15, 0.2) is 0 Å². The van der Waals surface area contributed by atoms with E-state index in [2.05, 4.69) is 20.2 Å². The first-order chi connectivity index (χ1) is 14.7. The summed E-state index contributed by atoms with van der Waals surface area (Å²) in [7, 11) is 0. The highest BCUT2D eigenvalue weighted by molar-refractivity contribution is 6.03. The van der Waals surface area contributed by atoms with Crippen LogP contribution in [0.2, 0.25) is 0 Å². The molecule has 30 heavy (non-hydrogen) atoms. The van der Waals surface area contributed by atoms with E-state index in [9.17, 15) is 4.79 Å². The van der Waals surface area contributed by atoms with Gasteiger partial charge in [0.25, 0.3) is 5.91 Å². The molecule has 7 nitrogen and oxygen atoms in total. The Bertz CT molecular complexity index is 956. The second kappa shape index (κ2) is 9.37. The molecule has 3 heterocycles. The molecule has 1 fully saturated rings. The predicted molar refractivity (Wildman–Crippen MR) is 115 cm³/mol. The number of carbonyl (C=O) groups is 1. The van der Waals surface area contributed by atoms with E-state index in [1.165, 1.54) is 6.20 Å². The van der Waals surface area contributed by atoms with E-state index in [1.807, 2.05) is 43.3 Å². The Hall–Kier alpha value is -3.45. The molecule has 3 aromatic rings. The van der Waals surface area contributed by atoms with Crippen LogP contribution in [0.15, 0.2) is 67.0 Å². The monoisotopic (exact) mass is 404 g/mol. The Morgan fingerprint density at radius 3 is 2.50 bits per heavy atom. The molecule has 0 aliphatic carbocycles. The first-order valence-corrected chi connectivity index (χ1v) is 9.97. The Labute approximate surface area is 175 Å². The topological polar surface area (TPSA) is 76.6 Å². The number of nitrogens with zero attached hydrogens (tertiary/aromatic N) is 3. The molecule has 1 N–H and O–H groups in total. The minimum Gasteiger partial charge on any atom is -0.470 e. The number of hydrogen-bond acceptors (Lipinski definition) is 6. The third kappa shape index (κ3) is 4.93. The molecule has 2 aromatic heterocycles. The highest BCUT2D eigenvalue weighted by atomic mass is 16.5. The van der Waals surface area contributed by atoms with Crippen LogP contribution in [0.5, 0.6) is 5.88 Å². The van der Waals surface area contributed by atoms with Crippen molar-refractivity contribution in [1.82, 2.24) is 9.97 Å². The number of aromatic nitrogens is 2. The maximum atomic E-state index is 12.5. The molecule has 0 saturated carbocycles. The molecule has 1 atom stereocenters. The van der Waals surface area contributed by atoms with Crippen LogP contribution in [0, 0.1) is 0 Å². The van der Waals surface area contributed by atoms with Gasteiger partial charge in [0.1, 0.15) is 11.9 Å². The molecule has 1 aliphatic heterocycles. The van der Waals surface area contributed by atoms with Gasteiger partial charge in [-0.1, -0.05) is 30.3 Å². The predicted octanol–water partition coefficient (Wildman–Crippen LogP) is 3.71. The van der Waals surface area contributed by atoms with Crippen LogP contribution in [0.1, 0.15) is 28.9 Å². The van der Waals surface area contributed by atoms with Gasteiger partial charge < -0.3 is 19.7 Å². The molecule has 1 amide bonds. The van der Waals surface area contributed by atoms with E-state index < -0.39 is 0 Å². The Balaban J connectivity index is 1.34. The van der Waals surface area contributed by atoms with Crippen LogP contribution >= 0.6 is 0 Å². The van der Waals surface area contributed by atoms with E-state index >= 15 is 0 Å². The summed E-state index contributed by atoms with van der Waals surface area (Å²) in [4.78, 5) is 23.3. The molecular weight excluding hydrogens is 380 g/mol. The summed E-state index contributed by atoms with van der Waals surface area (Å²) in [6.07, 6.45) is 3.14. The number of benzene rings is 1. The molecule has 1 aromatic carbocycles. The quantitative estimate of drug-likeness (QED) is 0.675. The fraction of sp³-hybridized carbons (Fsp3) is 0.261. The highest BCUT2D eigenvalue weighted by Gasteiger charge is 2.13.